The van der Waals surface area contributed by atoms with E-state index < -0.39 is 11.9 Å². The first-order valence-corrected chi connectivity index (χ1v) is 7.28. The van der Waals surface area contributed by atoms with E-state index in [0.717, 1.165) is 17.8 Å². The van der Waals surface area contributed by atoms with Gasteiger partial charge in [0.15, 0.2) is 11.5 Å². The van der Waals surface area contributed by atoms with E-state index in [4.69, 9.17) is 5.26 Å². The molecule has 0 aliphatic rings. The van der Waals surface area contributed by atoms with E-state index in [-0.39, 0.29) is 11.5 Å². The summed E-state index contributed by atoms with van der Waals surface area (Å²) in [5, 5.41) is 19.0. The highest BCUT2D eigenvalue weighted by molar-refractivity contribution is 5.71. The van der Waals surface area contributed by atoms with E-state index in [1.807, 2.05) is 13.0 Å². The van der Waals surface area contributed by atoms with Gasteiger partial charge in [-0.25, -0.2) is 15.1 Å². The van der Waals surface area contributed by atoms with Crippen LogP contribution in [0.1, 0.15) is 23.9 Å². The Morgan fingerprint density at radius 3 is 2.64 bits per heavy atom. The van der Waals surface area contributed by atoms with E-state index in [1.165, 1.54) is 0 Å². The van der Waals surface area contributed by atoms with Crippen molar-refractivity contribution in [3.8, 4) is 28.7 Å². The maximum Gasteiger partial charge on any atom is 0.433 e. The molecule has 2 heterocycles. The highest BCUT2D eigenvalue weighted by Crippen LogP contribution is 2.30. The molecule has 1 aromatic carbocycles. The summed E-state index contributed by atoms with van der Waals surface area (Å²) >= 11 is 0. The molecule has 1 N–H and O–H groups in total. The van der Waals surface area contributed by atoms with Crippen molar-refractivity contribution >= 4 is 0 Å². The van der Waals surface area contributed by atoms with Crippen LogP contribution < -0.4 is 0 Å². The summed E-state index contributed by atoms with van der Waals surface area (Å²) in [6.45, 7) is 1.91. The van der Waals surface area contributed by atoms with Gasteiger partial charge in [0.2, 0.25) is 0 Å². The van der Waals surface area contributed by atoms with Crippen molar-refractivity contribution < 1.29 is 13.2 Å². The molecule has 0 saturated carbocycles. The molecule has 2 aromatic heterocycles. The van der Waals surface area contributed by atoms with E-state index in [0.29, 0.717) is 23.2 Å². The van der Waals surface area contributed by atoms with Crippen molar-refractivity contribution in [3.05, 3.63) is 47.4 Å². The number of benzene rings is 1. The number of rotatable bonds is 3. The van der Waals surface area contributed by atoms with Gasteiger partial charge in [0.1, 0.15) is 17.5 Å². The lowest BCUT2D eigenvalue weighted by atomic mass is 10.0. The number of nitrogens with zero attached hydrogens (tertiary/aromatic N) is 5. The van der Waals surface area contributed by atoms with Crippen LogP contribution in [-0.4, -0.2) is 25.4 Å². The van der Waals surface area contributed by atoms with Gasteiger partial charge in [-0.2, -0.15) is 18.4 Å². The molecule has 0 saturated heterocycles. The molecule has 9 heteroatoms. The van der Waals surface area contributed by atoms with Gasteiger partial charge in [0.25, 0.3) is 0 Å². The molecular formula is C16H11F3N6. The summed E-state index contributed by atoms with van der Waals surface area (Å²) in [5.41, 5.74) is 1.30. The second-order valence-electron chi connectivity index (χ2n) is 5.18. The van der Waals surface area contributed by atoms with Crippen LogP contribution in [-0.2, 0) is 12.6 Å². The number of aromatic nitrogens is 5. The van der Waals surface area contributed by atoms with Crippen LogP contribution >= 0.6 is 0 Å². The highest BCUT2D eigenvalue weighted by atomic mass is 19.4. The molecule has 6 nitrogen and oxygen atoms in total. The summed E-state index contributed by atoms with van der Waals surface area (Å²) in [4.78, 5) is 7.55. The smallest absolute Gasteiger partial charge is 0.247 e. The van der Waals surface area contributed by atoms with Gasteiger partial charge in [0, 0.05) is 17.3 Å². The number of hydrogen-bond acceptors (Lipinski definition) is 5. The Kier molecular flexibility index (Phi) is 4.19. The zero-order valence-corrected chi connectivity index (χ0v) is 13.0. The quantitative estimate of drug-likeness (QED) is 0.786. The minimum atomic E-state index is -4.55. The van der Waals surface area contributed by atoms with Crippen LogP contribution in [0.25, 0.3) is 22.6 Å². The fourth-order valence-corrected chi connectivity index (χ4v) is 2.33. The topological polar surface area (TPSA) is 91.1 Å². The number of hydrogen-bond donors (Lipinski definition) is 1. The molecule has 0 atom stereocenters. The van der Waals surface area contributed by atoms with Crippen LogP contribution in [0.4, 0.5) is 13.2 Å². The van der Waals surface area contributed by atoms with E-state index in [1.54, 1.807) is 18.2 Å². The molecule has 126 valence electrons. The van der Waals surface area contributed by atoms with Gasteiger partial charge >= 0.3 is 6.18 Å². The second-order valence-corrected chi connectivity index (χ2v) is 5.18. The minimum absolute atomic E-state index is 0.0478. The Labute approximate surface area is 140 Å². The van der Waals surface area contributed by atoms with Gasteiger partial charge in [-0.3, -0.25) is 0 Å². The first-order chi connectivity index (χ1) is 11.9. The molecular weight excluding hydrogens is 333 g/mol. The van der Waals surface area contributed by atoms with Crippen LogP contribution in [0.2, 0.25) is 0 Å². The molecule has 3 rings (SSSR count). The van der Waals surface area contributed by atoms with Crippen molar-refractivity contribution in [1.29, 1.82) is 5.26 Å². The number of nitriles is 1. The zero-order valence-electron chi connectivity index (χ0n) is 13.0. The molecule has 0 bridgehead atoms. The summed E-state index contributed by atoms with van der Waals surface area (Å²) in [6.07, 6.45) is -2.84. The predicted molar refractivity (Wildman–Crippen MR) is 81.9 cm³/mol. The molecule has 0 aliphatic heterocycles. The van der Waals surface area contributed by atoms with E-state index in [2.05, 4.69) is 25.4 Å². The lowest BCUT2D eigenvalue weighted by molar-refractivity contribution is -0.141. The number of nitrogens with one attached hydrogen (secondary N) is 1. The van der Waals surface area contributed by atoms with Gasteiger partial charge in [-0.15, -0.1) is 5.10 Å². The van der Waals surface area contributed by atoms with Crippen molar-refractivity contribution in [2.75, 3.05) is 0 Å². The Morgan fingerprint density at radius 1 is 1.20 bits per heavy atom. The third-order valence-corrected chi connectivity index (χ3v) is 3.54. The van der Waals surface area contributed by atoms with Gasteiger partial charge in [-0.05, 0) is 36.2 Å². The zero-order chi connectivity index (χ0) is 18.0. The Morgan fingerprint density at radius 2 is 1.96 bits per heavy atom. The first-order valence-electron chi connectivity index (χ1n) is 7.28. The average Bonchev–Trinajstić information content (AvgIpc) is 3.09. The highest BCUT2D eigenvalue weighted by Gasteiger charge is 2.32. The molecule has 0 spiro atoms. The van der Waals surface area contributed by atoms with Crippen molar-refractivity contribution in [2.45, 2.75) is 19.5 Å². The van der Waals surface area contributed by atoms with Gasteiger partial charge < -0.3 is 0 Å². The number of aromatic amines is 1. The molecule has 0 fully saturated rings. The number of halogens is 3. The van der Waals surface area contributed by atoms with Crippen LogP contribution in [0.5, 0.6) is 0 Å². The van der Waals surface area contributed by atoms with Crippen LogP contribution in [0.3, 0.4) is 0 Å². The third kappa shape index (κ3) is 3.33. The van der Waals surface area contributed by atoms with Gasteiger partial charge in [0.05, 0.1) is 0 Å². The summed E-state index contributed by atoms with van der Waals surface area (Å²) in [6, 6.07) is 7.86. The Bertz CT molecular complexity index is 955. The van der Waals surface area contributed by atoms with Crippen molar-refractivity contribution in [1.82, 2.24) is 25.4 Å². The predicted octanol–water partition coefficient (Wildman–Crippen LogP) is 3.38. The summed E-state index contributed by atoms with van der Waals surface area (Å²) in [5.74, 6) is -0.0478. The average molecular weight is 344 g/mol. The minimum Gasteiger partial charge on any atom is -0.247 e. The fourth-order valence-electron chi connectivity index (χ4n) is 2.33. The molecule has 0 aliphatic carbocycles. The SMILES string of the molecule is CCc1cc(-c2nccc(C(F)(F)F)n2)cc(-c2nn[nH]c2C#N)c1. The van der Waals surface area contributed by atoms with Gasteiger partial charge in [-0.1, -0.05) is 12.1 Å². The Balaban J connectivity index is 2.15. The summed E-state index contributed by atoms with van der Waals surface area (Å²) < 4.78 is 38.6. The van der Waals surface area contributed by atoms with Crippen LogP contribution in [0, 0.1) is 11.3 Å². The fraction of sp³-hybridized carbons (Fsp3) is 0.188. The summed E-state index contributed by atoms with van der Waals surface area (Å²) in [7, 11) is 0. The first kappa shape index (κ1) is 16.6. The van der Waals surface area contributed by atoms with E-state index in [9.17, 15) is 13.2 Å². The standard InChI is InChI=1S/C16H11F3N6/c1-2-9-5-10(14-12(8-20)23-25-24-14)7-11(6-9)15-21-4-3-13(22-15)16(17,18)19/h3-7H,2H2,1H3,(H,23,24,25). The maximum absolute atomic E-state index is 12.9. The lowest BCUT2D eigenvalue weighted by Crippen LogP contribution is -2.09. The Hall–Kier alpha value is -3.28. The van der Waals surface area contributed by atoms with Crippen molar-refractivity contribution in [2.24, 2.45) is 0 Å². The lowest BCUT2D eigenvalue weighted by Gasteiger charge is -2.09. The number of H-pyrrole nitrogens is 1. The van der Waals surface area contributed by atoms with Crippen LogP contribution in [0.15, 0.2) is 30.5 Å². The second kappa shape index (κ2) is 6.32. The molecule has 0 amide bonds. The number of alkyl halides is 3. The monoisotopic (exact) mass is 344 g/mol. The molecule has 25 heavy (non-hydrogen) atoms. The number of aryl methyl sites for hydroxylation is 1. The third-order valence-electron chi connectivity index (χ3n) is 3.54. The normalized spacial score (nSPS) is 11.3. The molecule has 3 aromatic rings. The van der Waals surface area contributed by atoms with E-state index >= 15 is 0 Å². The van der Waals surface area contributed by atoms with Crippen molar-refractivity contribution in [3.63, 3.8) is 0 Å². The maximum atomic E-state index is 12.9. The largest absolute Gasteiger partial charge is 0.433 e. The molecule has 0 unspecified atom stereocenters. The molecule has 0 radical (unpaired) electrons.